The summed E-state index contributed by atoms with van der Waals surface area (Å²) >= 11 is 5.18. The molecule has 116 valence electrons. The highest BCUT2D eigenvalue weighted by molar-refractivity contribution is 7.80. The van der Waals surface area contributed by atoms with Crippen LogP contribution in [0.5, 0.6) is 0 Å². The van der Waals surface area contributed by atoms with Crippen molar-refractivity contribution in [2.75, 3.05) is 7.05 Å². The molecule has 1 aliphatic rings. The molecular weight excluding hydrogens is 276 g/mol. The second-order valence-corrected chi connectivity index (χ2v) is 6.87. The van der Waals surface area contributed by atoms with Gasteiger partial charge in [0.15, 0.2) is 0 Å². The summed E-state index contributed by atoms with van der Waals surface area (Å²) in [4.78, 5) is 3.12. The van der Waals surface area contributed by atoms with Gasteiger partial charge in [-0.3, -0.25) is 4.90 Å². The van der Waals surface area contributed by atoms with E-state index in [0.29, 0.717) is 17.1 Å². The fourth-order valence-electron chi connectivity index (χ4n) is 3.58. The van der Waals surface area contributed by atoms with Crippen LogP contribution in [0.15, 0.2) is 30.3 Å². The summed E-state index contributed by atoms with van der Waals surface area (Å²) in [5.41, 5.74) is 7.17. The van der Waals surface area contributed by atoms with Crippen molar-refractivity contribution in [1.82, 2.24) is 4.90 Å². The van der Waals surface area contributed by atoms with Crippen LogP contribution in [-0.2, 0) is 0 Å². The predicted octanol–water partition coefficient (Wildman–Crippen LogP) is 4.30. The Labute approximate surface area is 134 Å². The van der Waals surface area contributed by atoms with Gasteiger partial charge in [-0.2, -0.15) is 0 Å². The molecule has 0 spiro atoms. The molecule has 1 aliphatic carbocycles. The summed E-state index contributed by atoms with van der Waals surface area (Å²) in [6, 6.07) is 11.6. The van der Waals surface area contributed by atoms with E-state index in [-0.39, 0.29) is 0 Å². The number of benzene rings is 1. The lowest BCUT2D eigenvalue weighted by molar-refractivity contribution is 0.121. The van der Waals surface area contributed by atoms with E-state index < -0.39 is 0 Å². The smallest absolute Gasteiger partial charge is 0.0746 e. The number of hydrogen-bond donors (Lipinski definition) is 1. The second kappa shape index (κ2) is 7.90. The first-order valence-corrected chi connectivity index (χ1v) is 8.57. The summed E-state index contributed by atoms with van der Waals surface area (Å²) in [7, 11) is 2.24. The van der Waals surface area contributed by atoms with Crippen LogP contribution >= 0.6 is 12.2 Å². The standard InChI is InChI=1S/C18H28N2S/c1-3-14-9-11-16(12-10-14)20(2)17(13-18(19)21)15-7-5-4-6-8-15/h4-8,14,16-17H,3,9-13H2,1-2H3,(H2,19,21). The molecule has 1 fully saturated rings. The average molecular weight is 305 g/mol. The molecule has 0 amide bonds. The zero-order valence-corrected chi connectivity index (χ0v) is 14.1. The Morgan fingerprint density at radius 3 is 2.38 bits per heavy atom. The van der Waals surface area contributed by atoms with Crippen molar-refractivity contribution in [2.45, 2.75) is 57.5 Å². The molecule has 0 bridgehead atoms. The second-order valence-electron chi connectivity index (χ2n) is 6.35. The molecule has 1 atom stereocenters. The van der Waals surface area contributed by atoms with Crippen LogP contribution in [0, 0.1) is 5.92 Å². The van der Waals surface area contributed by atoms with E-state index in [1.54, 1.807) is 0 Å². The average Bonchev–Trinajstić information content (AvgIpc) is 2.53. The molecule has 0 aromatic heterocycles. The Morgan fingerprint density at radius 2 is 1.86 bits per heavy atom. The van der Waals surface area contributed by atoms with E-state index in [4.69, 9.17) is 18.0 Å². The summed E-state index contributed by atoms with van der Waals surface area (Å²) in [5, 5.41) is 0. The molecule has 1 aromatic carbocycles. The van der Waals surface area contributed by atoms with Gasteiger partial charge in [0.2, 0.25) is 0 Å². The molecule has 1 saturated carbocycles. The van der Waals surface area contributed by atoms with Gasteiger partial charge < -0.3 is 5.73 Å². The SMILES string of the molecule is CCC1CCC(N(C)C(CC(N)=S)c2ccccc2)CC1. The van der Waals surface area contributed by atoms with Crippen LogP contribution in [0.3, 0.4) is 0 Å². The fraction of sp³-hybridized carbons (Fsp3) is 0.611. The van der Waals surface area contributed by atoms with Crippen molar-refractivity contribution >= 4 is 17.2 Å². The first-order valence-electron chi connectivity index (χ1n) is 8.17. The van der Waals surface area contributed by atoms with Crippen LogP contribution < -0.4 is 5.73 Å². The zero-order valence-electron chi connectivity index (χ0n) is 13.3. The van der Waals surface area contributed by atoms with Crippen molar-refractivity contribution in [2.24, 2.45) is 11.7 Å². The quantitative estimate of drug-likeness (QED) is 0.794. The lowest BCUT2D eigenvalue weighted by atomic mass is 9.83. The Hall–Kier alpha value is -0.930. The van der Waals surface area contributed by atoms with Gasteiger partial charge in [-0.15, -0.1) is 0 Å². The molecule has 1 unspecified atom stereocenters. The minimum atomic E-state index is 0.312. The number of rotatable bonds is 6. The van der Waals surface area contributed by atoms with E-state index in [1.807, 2.05) is 0 Å². The van der Waals surface area contributed by atoms with E-state index in [9.17, 15) is 0 Å². The van der Waals surface area contributed by atoms with E-state index in [0.717, 1.165) is 12.3 Å². The van der Waals surface area contributed by atoms with Crippen LogP contribution in [0.2, 0.25) is 0 Å². The molecule has 2 N–H and O–H groups in total. The van der Waals surface area contributed by atoms with Crippen molar-refractivity contribution in [3.8, 4) is 0 Å². The Morgan fingerprint density at radius 1 is 1.24 bits per heavy atom. The highest BCUT2D eigenvalue weighted by atomic mass is 32.1. The van der Waals surface area contributed by atoms with Crippen LogP contribution in [0.25, 0.3) is 0 Å². The van der Waals surface area contributed by atoms with Gasteiger partial charge in [-0.25, -0.2) is 0 Å². The zero-order chi connectivity index (χ0) is 15.2. The maximum atomic E-state index is 5.85. The topological polar surface area (TPSA) is 29.3 Å². The first-order chi connectivity index (χ1) is 10.1. The molecule has 1 aromatic rings. The molecule has 21 heavy (non-hydrogen) atoms. The summed E-state index contributed by atoms with van der Waals surface area (Å²) in [5.74, 6) is 0.931. The third kappa shape index (κ3) is 4.52. The van der Waals surface area contributed by atoms with Crippen molar-refractivity contribution in [1.29, 1.82) is 0 Å². The minimum Gasteiger partial charge on any atom is -0.393 e. The third-order valence-electron chi connectivity index (χ3n) is 5.04. The summed E-state index contributed by atoms with van der Waals surface area (Å²) in [6.07, 6.45) is 7.42. The molecule has 0 aliphatic heterocycles. The van der Waals surface area contributed by atoms with Gasteiger partial charge in [0.05, 0.1) is 4.99 Å². The highest BCUT2D eigenvalue weighted by Crippen LogP contribution is 2.34. The minimum absolute atomic E-state index is 0.312. The van der Waals surface area contributed by atoms with Crippen LogP contribution in [0.4, 0.5) is 0 Å². The van der Waals surface area contributed by atoms with Crippen molar-refractivity contribution in [3.05, 3.63) is 35.9 Å². The normalized spacial score (nSPS) is 24.0. The molecule has 0 heterocycles. The number of nitrogens with two attached hydrogens (primary N) is 1. The van der Waals surface area contributed by atoms with Gasteiger partial charge in [0, 0.05) is 18.5 Å². The van der Waals surface area contributed by atoms with Gasteiger partial charge in [-0.1, -0.05) is 55.9 Å². The lowest BCUT2D eigenvalue weighted by Gasteiger charge is -2.39. The third-order valence-corrected chi connectivity index (χ3v) is 5.21. The van der Waals surface area contributed by atoms with Gasteiger partial charge in [0.25, 0.3) is 0 Å². The van der Waals surface area contributed by atoms with Gasteiger partial charge in [-0.05, 0) is 44.2 Å². The number of hydrogen-bond acceptors (Lipinski definition) is 2. The first kappa shape index (κ1) is 16.4. The van der Waals surface area contributed by atoms with E-state index in [1.165, 1.54) is 37.7 Å². The lowest BCUT2D eigenvalue weighted by Crippen LogP contribution is -2.39. The monoisotopic (exact) mass is 304 g/mol. The van der Waals surface area contributed by atoms with Crippen LogP contribution in [0.1, 0.15) is 57.1 Å². The number of thiocarbonyl (C=S) groups is 1. The Balaban J connectivity index is 2.08. The highest BCUT2D eigenvalue weighted by Gasteiger charge is 2.28. The van der Waals surface area contributed by atoms with Crippen molar-refractivity contribution in [3.63, 3.8) is 0 Å². The summed E-state index contributed by atoms with van der Waals surface area (Å²) < 4.78 is 0. The largest absolute Gasteiger partial charge is 0.393 e. The van der Waals surface area contributed by atoms with E-state index >= 15 is 0 Å². The fourth-order valence-corrected chi connectivity index (χ4v) is 3.74. The molecule has 3 heteroatoms. The maximum Gasteiger partial charge on any atom is 0.0746 e. The number of nitrogens with zero attached hydrogens (tertiary/aromatic N) is 1. The summed E-state index contributed by atoms with van der Waals surface area (Å²) in [6.45, 7) is 2.31. The molecular formula is C18H28N2S. The molecule has 0 saturated heterocycles. The van der Waals surface area contributed by atoms with Gasteiger partial charge >= 0.3 is 0 Å². The van der Waals surface area contributed by atoms with Crippen LogP contribution in [-0.4, -0.2) is 23.0 Å². The van der Waals surface area contributed by atoms with E-state index in [2.05, 4.69) is 49.2 Å². The predicted molar refractivity (Wildman–Crippen MR) is 94.4 cm³/mol. The molecule has 2 nitrogen and oxygen atoms in total. The van der Waals surface area contributed by atoms with Crippen molar-refractivity contribution < 1.29 is 0 Å². The molecule has 2 rings (SSSR count). The Kier molecular flexibility index (Phi) is 6.19. The molecule has 0 radical (unpaired) electrons. The Bertz CT molecular complexity index is 438. The van der Waals surface area contributed by atoms with Gasteiger partial charge in [0.1, 0.15) is 0 Å². The maximum absolute atomic E-state index is 5.85.